The Hall–Kier alpha value is -0.570. The molecule has 156 valence electrons. The molecule has 0 bridgehead atoms. The highest BCUT2D eigenvalue weighted by atomic mass is 16.5. The fourth-order valence-corrected chi connectivity index (χ4v) is 3.09. The predicted octanol–water partition coefficient (Wildman–Crippen LogP) is 7.22. The molecule has 0 amide bonds. The minimum Gasteiger partial charge on any atom is -0.466 e. The van der Waals surface area contributed by atoms with Crippen molar-refractivity contribution in [3.8, 4) is 0 Å². The molecule has 0 saturated carbocycles. The highest BCUT2D eigenvalue weighted by Gasteiger charge is 2.10. The first-order valence-electron chi connectivity index (χ1n) is 11.5. The fourth-order valence-electron chi connectivity index (χ4n) is 3.09. The Bertz CT molecular complexity index is 291. The smallest absolute Gasteiger partial charge is 0.305 e. The van der Waals surface area contributed by atoms with E-state index in [2.05, 4.69) is 20.8 Å². The minimum absolute atomic E-state index is 0.0317. The van der Waals surface area contributed by atoms with E-state index in [1.807, 2.05) is 0 Å². The van der Waals surface area contributed by atoms with Crippen LogP contribution in [0.15, 0.2) is 0 Å². The highest BCUT2D eigenvalue weighted by Crippen LogP contribution is 2.12. The minimum atomic E-state index is -0.0317. The largest absolute Gasteiger partial charge is 0.466 e. The Balaban J connectivity index is 3.57. The van der Waals surface area contributed by atoms with Crippen LogP contribution in [-0.4, -0.2) is 25.3 Å². The maximum absolute atomic E-state index is 11.8. The Morgan fingerprint density at radius 3 is 1.85 bits per heavy atom. The SMILES string of the molecule is CCCCCCCCCCCC(=O)OCCC(CCCC)OCCCC. The van der Waals surface area contributed by atoms with Crippen LogP contribution in [0.4, 0.5) is 0 Å². The van der Waals surface area contributed by atoms with E-state index in [0.717, 1.165) is 45.1 Å². The molecule has 0 aliphatic carbocycles. The van der Waals surface area contributed by atoms with Gasteiger partial charge in [0.05, 0.1) is 12.7 Å². The number of hydrogen-bond acceptors (Lipinski definition) is 3. The normalized spacial score (nSPS) is 12.3. The van der Waals surface area contributed by atoms with Crippen molar-refractivity contribution < 1.29 is 14.3 Å². The molecule has 1 unspecified atom stereocenters. The van der Waals surface area contributed by atoms with Gasteiger partial charge in [-0.25, -0.2) is 0 Å². The van der Waals surface area contributed by atoms with Crippen LogP contribution in [-0.2, 0) is 14.3 Å². The zero-order valence-electron chi connectivity index (χ0n) is 18.0. The quantitative estimate of drug-likeness (QED) is 0.168. The summed E-state index contributed by atoms with van der Waals surface area (Å²) in [5.74, 6) is -0.0317. The first kappa shape index (κ1) is 25.4. The third kappa shape index (κ3) is 18.2. The lowest BCUT2D eigenvalue weighted by Gasteiger charge is -2.17. The van der Waals surface area contributed by atoms with Gasteiger partial charge in [-0.15, -0.1) is 0 Å². The van der Waals surface area contributed by atoms with E-state index < -0.39 is 0 Å². The number of rotatable bonds is 20. The molecule has 0 aliphatic rings. The molecule has 0 rings (SSSR count). The lowest BCUT2D eigenvalue weighted by molar-refractivity contribution is -0.144. The van der Waals surface area contributed by atoms with Crippen molar-refractivity contribution in [1.82, 2.24) is 0 Å². The highest BCUT2D eigenvalue weighted by molar-refractivity contribution is 5.69. The number of esters is 1. The molecule has 1 atom stereocenters. The summed E-state index contributed by atoms with van der Waals surface area (Å²) in [4.78, 5) is 11.8. The topological polar surface area (TPSA) is 35.5 Å². The van der Waals surface area contributed by atoms with Crippen LogP contribution in [0.5, 0.6) is 0 Å². The molecule has 0 aliphatic heterocycles. The maximum Gasteiger partial charge on any atom is 0.305 e. The van der Waals surface area contributed by atoms with Crippen LogP contribution < -0.4 is 0 Å². The van der Waals surface area contributed by atoms with Crippen molar-refractivity contribution >= 4 is 5.97 Å². The van der Waals surface area contributed by atoms with Crippen LogP contribution in [0.2, 0.25) is 0 Å². The summed E-state index contributed by atoms with van der Waals surface area (Å²) in [5.41, 5.74) is 0. The molecule has 0 saturated heterocycles. The average molecular weight is 371 g/mol. The number of hydrogen-bond donors (Lipinski definition) is 0. The zero-order chi connectivity index (χ0) is 19.3. The van der Waals surface area contributed by atoms with Gasteiger partial charge in [0.15, 0.2) is 0 Å². The van der Waals surface area contributed by atoms with Crippen molar-refractivity contribution in [1.29, 1.82) is 0 Å². The van der Waals surface area contributed by atoms with Crippen molar-refractivity contribution in [3.63, 3.8) is 0 Å². The van der Waals surface area contributed by atoms with E-state index in [1.54, 1.807) is 0 Å². The van der Waals surface area contributed by atoms with Gasteiger partial charge in [-0.3, -0.25) is 4.79 Å². The summed E-state index contributed by atoms with van der Waals surface area (Å²) in [6.45, 7) is 7.98. The Morgan fingerprint density at radius 1 is 0.654 bits per heavy atom. The average Bonchev–Trinajstić information content (AvgIpc) is 2.64. The standard InChI is InChI=1S/C23H46O3/c1-4-7-10-11-12-13-14-15-16-18-23(24)26-21-19-22(17-8-5-2)25-20-9-6-3/h22H,4-21H2,1-3H3. The lowest BCUT2D eigenvalue weighted by Crippen LogP contribution is -2.18. The molecule has 0 fully saturated rings. The molecule has 0 aromatic heterocycles. The van der Waals surface area contributed by atoms with Gasteiger partial charge in [0.2, 0.25) is 0 Å². The zero-order valence-corrected chi connectivity index (χ0v) is 18.0. The molecule has 0 aromatic rings. The second-order valence-electron chi connectivity index (χ2n) is 7.58. The fraction of sp³-hybridized carbons (Fsp3) is 0.957. The molecule has 0 heterocycles. The first-order valence-corrected chi connectivity index (χ1v) is 11.5. The van der Waals surface area contributed by atoms with Gasteiger partial charge in [-0.2, -0.15) is 0 Å². The summed E-state index contributed by atoms with van der Waals surface area (Å²) < 4.78 is 11.3. The van der Waals surface area contributed by atoms with E-state index in [9.17, 15) is 4.79 Å². The van der Waals surface area contributed by atoms with E-state index in [0.29, 0.717) is 13.0 Å². The van der Waals surface area contributed by atoms with Crippen LogP contribution >= 0.6 is 0 Å². The predicted molar refractivity (Wildman–Crippen MR) is 112 cm³/mol. The summed E-state index contributed by atoms with van der Waals surface area (Å²) >= 11 is 0. The Labute approximate surface area is 163 Å². The van der Waals surface area contributed by atoms with Crippen LogP contribution in [0.1, 0.15) is 124 Å². The molecule has 26 heavy (non-hydrogen) atoms. The molecule has 0 aromatic carbocycles. The molecule has 0 N–H and O–H groups in total. The van der Waals surface area contributed by atoms with Crippen molar-refractivity contribution in [2.45, 2.75) is 130 Å². The van der Waals surface area contributed by atoms with E-state index >= 15 is 0 Å². The van der Waals surface area contributed by atoms with Gasteiger partial charge in [0.25, 0.3) is 0 Å². The van der Waals surface area contributed by atoms with Crippen LogP contribution in [0, 0.1) is 0 Å². The summed E-state index contributed by atoms with van der Waals surface area (Å²) in [6, 6.07) is 0. The monoisotopic (exact) mass is 370 g/mol. The Kier molecular flexibility index (Phi) is 20.3. The van der Waals surface area contributed by atoms with E-state index in [-0.39, 0.29) is 12.1 Å². The van der Waals surface area contributed by atoms with Gasteiger partial charge in [0.1, 0.15) is 0 Å². The Morgan fingerprint density at radius 2 is 1.23 bits per heavy atom. The lowest BCUT2D eigenvalue weighted by atomic mass is 10.1. The van der Waals surface area contributed by atoms with E-state index in [1.165, 1.54) is 57.8 Å². The summed E-state index contributed by atoms with van der Waals surface area (Å²) in [5, 5.41) is 0. The number of unbranched alkanes of at least 4 members (excludes halogenated alkanes) is 10. The first-order chi connectivity index (χ1) is 12.7. The number of carbonyl (C=O) groups is 1. The molecule has 3 nitrogen and oxygen atoms in total. The molecule has 0 radical (unpaired) electrons. The molecular formula is C23H46O3. The van der Waals surface area contributed by atoms with Crippen LogP contribution in [0.25, 0.3) is 0 Å². The van der Waals surface area contributed by atoms with Crippen molar-refractivity contribution in [2.24, 2.45) is 0 Å². The van der Waals surface area contributed by atoms with Gasteiger partial charge >= 0.3 is 5.97 Å². The summed E-state index contributed by atoms with van der Waals surface area (Å²) in [6.07, 6.45) is 18.9. The number of carbonyl (C=O) groups excluding carboxylic acids is 1. The van der Waals surface area contributed by atoms with Crippen molar-refractivity contribution in [3.05, 3.63) is 0 Å². The molecule has 3 heteroatoms. The van der Waals surface area contributed by atoms with E-state index in [4.69, 9.17) is 9.47 Å². The van der Waals surface area contributed by atoms with Gasteiger partial charge in [-0.05, 0) is 19.3 Å². The van der Waals surface area contributed by atoms with Gasteiger partial charge < -0.3 is 9.47 Å². The second-order valence-corrected chi connectivity index (χ2v) is 7.58. The second kappa shape index (κ2) is 20.7. The molecule has 0 spiro atoms. The summed E-state index contributed by atoms with van der Waals surface area (Å²) in [7, 11) is 0. The van der Waals surface area contributed by atoms with Crippen molar-refractivity contribution in [2.75, 3.05) is 13.2 Å². The molecular weight excluding hydrogens is 324 g/mol. The van der Waals surface area contributed by atoms with Crippen LogP contribution in [0.3, 0.4) is 0 Å². The third-order valence-electron chi connectivity index (χ3n) is 4.92. The number of ether oxygens (including phenoxy) is 2. The van der Waals surface area contributed by atoms with Gasteiger partial charge in [0, 0.05) is 19.4 Å². The van der Waals surface area contributed by atoms with Gasteiger partial charge in [-0.1, -0.05) is 91.4 Å². The third-order valence-corrected chi connectivity index (χ3v) is 4.92. The maximum atomic E-state index is 11.8.